The van der Waals surface area contributed by atoms with Gasteiger partial charge in [-0.05, 0) is 48.2 Å². The van der Waals surface area contributed by atoms with Crippen LogP contribution in [0, 0.1) is 6.92 Å². The van der Waals surface area contributed by atoms with E-state index in [0.717, 1.165) is 16.9 Å². The first-order valence-corrected chi connectivity index (χ1v) is 10.7. The molecule has 0 saturated heterocycles. The van der Waals surface area contributed by atoms with Gasteiger partial charge in [0.2, 0.25) is 0 Å². The SMILES string of the molecule is COc1cccc(NC(=O)c2sccc2S(=O)(=O)N(C)c2cccc(C)c2)c1. The normalized spacial score (nSPS) is 11.1. The monoisotopic (exact) mass is 416 g/mol. The molecule has 6 nitrogen and oxygen atoms in total. The highest BCUT2D eigenvalue weighted by molar-refractivity contribution is 7.93. The van der Waals surface area contributed by atoms with Crippen LogP contribution in [0.15, 0.2) is 64.9 Å². The maximum Gasteiger partial charge on any atom is 0.267 e. The maximum atomic E-state index is 13.1. The Bertz CT molecular complexity index is 1110. The lowest BCUT2D eigenvalue weighted by molar-refractivity contribution is 0.102. The second-order valence-corrected chi connectivity index (χ2v) is 8.97. The van der Waals surface area contributed by atoms with Crippen LogP contribution in [0.1, 0.15) is 15.2 Å². The molecule has 3 aromatic rings. The molecule has 0 aliphatic carbocycles. The molecule has 3 rings (SSSR count). The van der Waals surface area contributed by atoms with E-state index < -0.39 is 15.9 Å². The zero-order valence-corrected chi connectivity index (χ0v) is 17.3. The third kappa shape index (κ3) is 4.02. The van der Waals surface area contributed by atoms with Crippen LogP contribution in [0.25, 0.3) is 0 Å². The number of ether oxygens (including phenoxy) is 1. The highest BCUT2D eigenvalue weighted by atomic mass is 32.2. The van der Waals surface area contributed by atoms with Crippen molar-refractivity contribution in [1.82, 2.24) is 0 Å². The molecule has 0 saturated carbocycles. The fraction of sp³-hybridized carbons (Fsp3) is 0.150. The first kappa shape index (κ1) is 19.9. The van der Waals surface area contributed by atoms with Crippen LogP contribution >= 0.6 is 11.3 Å². The van der Waals surface area contributed by atoms with E-state index in [4.69, 9.17) is 4.74 Å². The number of carbonyl (C=O) groups is 1. The summed E-state index contributed by atoms with van der Waals surface area (Å²) in [6.07, 6.45) is 0. The second-order valence-electron chi connectivity index (χ2n) is 6.11. The molecule has 2 aromatic carbocycles. The molecule has 0 aliphatic rings. The van der Waals surface area contributed by atoms with Crippen LogP contribution in [0.2, 0.25) is 0 Å². The van der Waals surface area contributed by atoms with Crippen molar-refractivity contribution in [2.45, 2.75) is 11.8 Å². The zero-order chi connectivity index (χ0) is 20.3. The molecule has 1 heterocycles. The van der Waals surface area contributed by atoms with E-state index in [0.29, 0.717) is 17.1 Å². The number of hydrogen-bond donors (Lipinski definition) is 1. The van der Waals surface area contributed by atoms with Crippen molar-refractivity contribution in [3.8, 4) is 5.75 Å². The number of hydrogen-bond acceptors (Lipinski definition) is 5. The number of nitrogens with one attached hydrogen (secondary N) is 1. The maximum absolute atomic E-state index is 13.1. The molecule has 0 bridgehead atoms. The fourth-order valence-electron chi connectivity index (χ4n) is 2.66. The second kappa shape index (κ2) is 8.04. The van der Waals surface area contributed by atoms with Gasteiger partial charge in [-0.15, -0.1) is 11.3 Å². The lowest BCUT2D eigenvalue weighted by atomic mass is 10.2. The van der Waals surface area contributed by atoms with E-state index in [1.54, 1.807) is 47.8 Å². The summed E-state index contributed by atoms with van der Waals surface area (Å²) < 4.78 is 32.6. The predicted octanol–water partition coefficient (Wildman–Crippen LogP) is 4.14. The molecule has 1 amide bonds. The smallest absolute Gasteiger partial charge is 0.267 e. The summed E-state index contributed by atoms with van der Waals surface area (Å²) in [5, 5.41) is 4.32. The van der Waals surface area contributed by atoms with Gasteiger partial charge in [0.05, 0.1) is 12.8 Å². The number of benzene rings is 2. The summed E-state index contributed by atoms with van der Waals surface area (Å²) >= 11 is 1.08. The van der Waals surface area contributed by atoms with Crippen molar-refractivity contribution in [3.63, 3.8) is 0 Å². The van der Waals surface area contributed by atoms with E-state index in [1.807, 2.05) is 13.0 Å². The molecular formula is C20H20N2O4S2. The summed E-state index contributed by atoms with van der Waals surface area (Å²) in [5.41, 5.74) is 2.00. The number of rotatable bonds is 6. The number of methoxy groups -OCH3 is 1. The van der Waals surface area contributed by atoms with E-state index >= 15 is 0 Å². The Kier molecular flexibility index (Phi) is 5.71. The Morgan fingerprint density at radius 2 is 1.86 bits per heavy atom. The van der Waals surface area contributed by atoms with Gasteiger partial charge in [-0.1, -0.05) is 18.2 Å². The van der Waals surface area contributed by atoms with Crippen molar-refractivity contribution in [2.24, 2.45) is 0 Å². The number of sulfonamides is 1. The molecule has 0 radical (unpaired) electrons. The Balaban J connectivity index is 1.90. The Morgan fingerprint density at radius 1 is 1.11 bits per heavy atom. The number of carbonyl (C=O) groups excluding carboxylic acids is 1. The minimum absolute atomic E-state index is 0.0260. The molecule has 0 atom stereocenters. The van der Waals surface area contributed by atoms with Gasteiger partial charge in [0.15, 0.2) is 0 Å². The van der Waals surface area contributed by atoms with Crippen LogP contribution in [-0.2, 0) is 10.0 Å². The van der Waals surface area contributed by atoms with Crippen LogP contribution in [0.3, 0.4) is 0 Å². The molecule has 0 fully saturated rings. The average Bonchev–Trinajstić information content (AvgIpc) is 3.18. The first-order valence-electron chi connectivity index (χ1n) is 8.41. The standard InChI is InChI=1S/C20H20N2O4S2/c1-14-6-4-8-16(12-14)22(2)28(24,25)18-10-11-27-19(18)20(23)21-15-7-5-9-17(13-15)26-3/h4-13H,1-3H3,(H,21,23). The van der Waals surface area contributed by atoms with E-state index in [2.05, 4.69) is 5.32 Å². The Morgan fingerprint density at radius 3 is 2.57 bits per heavy atom. The quantitative estimate of drug-likeness (QED) is 0.655. The average molecular weight is 417 g/mol. The number of aryl methyl sites for hydroxylation is 1. The molecule has 1 N–H and O–H groups in total. The Labute approximate surface area is 168 Å². The third-order valence-corrected chi connectivity index (χ3v) is 7.04. The van der Waals surface area contributed by atoms with E-state index in [9.17, 15) is 13.2 Å². The van der Waals surface area contributed by atoms with Crippen molar-refractivity contribution in [1.29, 1.82) is 0 Å². The van der Waals surface area contributed by atoms with Gasteiger partial charge >= 0.3 is 0 Å². The number of nitrogens with zero attached hydrogens (tertiary/aromatic N) is 1. The molecule has 0 unspecified atom stereocenters. The molecular weight excluding hydrogens is 396 g/mol. The molecule has 28 heavy (non-hydrogen) atoms. The summed E-state index contributed by atoms with van der Waals surface area (Å²) in [6.45, 7) is 1.89. The lowest BCUT2D eigenvalue weighted by Gasteiger charge is -2.20. The van der Waals surface area contributed by atoms with Gasteiger partial charge in [0, 0.05) is 18.8 Å². The van der Waals surface area contributed by atoms with Gasteiger partial charge in [-0.2, -0.15) is 0 Å². The molecule has 0 aliphatic heterocycles. The zero-order valence-electron chi connectivity index (χ0n) is 15.7. The Hall–Kier alpha value is -2.84. The van der Waals surface area contributed by atoms with Crippen LogP contribution in [-0.4, -0.2) is 28.5 Å². The predicted molar refractivity (Wildman–Crippen MR) is 112 cm³/mol. The number of thiophene rings is 1. The van der Waals surface area contributed by atoms with E-state index in [1.165, 1.54) is 24.5 Å². The minimum Gasteiger partial charge on any atom is -0.497 e. The van der Waals surface area contributed by atoms with Gasteiger partial charge in [-0.3, -0.25) is 9.10 Å². The summed E-state index contributed by atoms with van der Waals surface area (Å²) in [7, 11) is -0.877. The number of amides is 1. The summed E-state index contributed by atoms with van der Waals surface area (Å²) in [5.74, 6) is 0.107. The van der Waals surface area contributed by atoms with Crippen LogP contribution < -0.4 is 14.4 Å². The van der Waals surface area contributed by atoms with Crippen LogP contribution in [0.4, 0.5) is 11.4 Å². The fourth-order valence-corrected chi connectivity index (χ4v) is 5.15. The molecule has 146 valence electrons. The third-order valence-electron chi connectivity index (χ3n) is 4.17. The van der Waals surface area contributed by atoms with E-state index in [-0.39, 0.29) is 9.77 Å². The van der Waals surface area contributed by atoms with Gasteiger partial charge in [-0.25, -0.2) is 8.42 Å². The molecule has 8 heteroatoms. The topological polar surface area (TPSA) is 75.7 Å². The van der Waals surface area contributed by atoms with Crippen molar-refractivity contribution < 1.29 is 17.9 Å². The molecule has 1 aromatic heterocycles. The highest BCUT2D eigenvalue weighted by Gasteiger charge is 2.28. The van der Waals surface area contributed by atoms with Gasteiger partial charge in [0.25, 0.3) is 15.9 Å². The number of anilines is 2. The largest absolute Gasteiger partial charge is 0.497 e. The van der Waals surface area contributed by atoms with Gasteiger partial charge in [0.1, 0.15) is 15.5 Å². The molecule has 0 spiro atoms. The van der Waals surface area contributed by atoms with Crippen molar-refractivity contribution in [3.05, 3.63) is 70.4 Å². The summed E-state index contributed by atoms with van der Waals surface area (Å²) in [6, 6.07) is 15.5. The highest BCUT2D eigenvalue weighted by Crippen LogP contribution is 2.29. The minimum atomic E-state index is -3.89. The van der Waals surface area contributed by atoms with Crippen molar-refractivity contribution >= 4 is 38.6 Å². The van der Waals surface area contributed by atoms with Gasteiger partial charge < -0.3 is 10.1 Å². The first-order chi connectivity index (χ1) is 13.3. The van der Waals surface area contributed by atoms with Crippen LogP contribution in [0.5, 0.6) is 5.75 Å². The lowest BCUT2D eigenvalue weighted by Crippen LogP contribution is -2.28. The van der Waals surface area contributed by atoms with Crippen molar-refractivity contribution in [2.75, 3.05) is 23.8 Å². The summed E-state index contributed by atoms with van der Waals surface area (Å²) in [4.78, 5) is 12.8.